The number of hydrogen-bond acceptors (Lipinski definition) is 3. The first-order valence-electron chi connectivity index (χ1n) is 7.33. The molecule has 0 unspecified atom stereocenters. The van der Waals surface area contributed by atoms with Gasteiger partial charge in [-0.25, -0.2) is 23.5 Å². The minimum atomic E-state index is -5.24. The number of hydrogen-bond donors (Lipinski definition) is 3. The number of alkyl halides is 3. The summed E-state index contributed by atoms with van der Waals surface area (Å²) in [4.78, 5) is 13.8. The second-order valence-corrected chi connectivity index (χ2v) is 7.17. The number of carbonyl (C=O) groups is 1. The predicted octanol–water partition coefficient (Wildman–Crippen LogP) is -0.119. The molecule has 3 N–H and O–H groups in total. The summed E-state index contributed by atoms with van der Waals surface area (Å²) in [7, 11) is -4.63. The Kier molecular flexibility index (Phi) is 4.32. The van der Waals surface area contributed by atoms with Crippen molar-refractivity contribution in [3.05, 3.63) is 66.2 Å². The molecule has 1 amide bonds. The Morgan fingerprint density at radius 1 is 0.962 bits per heavy atom. The van der Waals surface area contributed by atoms with Crippen LogP contribution in [0.15, 0.2) is 65.6 Å². The second-order valence-electron chi connectivity index (χ2n) is 5.49. The van der Waals surface area contributed by atoms with Crippen LogP contribution in [0.1, 0.15) is 5.56 Å². The fourth-order valence-corrected chi connectivity index (χ4v) is 3.72. The van der Waals surface area contributed by atoms with Crippen molar-refractivity contribution in [2.75, 3.05) is 0 Å². The van der Waals surface area contributed by atoms with E-state index in [9.17, 15) is 26.4 Å². The van der Waals surface area contributed by atoms with Crippen molar-refractivity contribution < 1.29 is 31.4 Å². The third-order valence-electron chi connectivity index (χ3n) is 3.72. The Labute approximate surface area is 146 Å². The topological polar surface area (TPSA) is 89.2 Å². The Balaban J connectivity index is 2.09. The quantitative estimate of drug-likeness (QED) is 0.687. The van der Waals surface area contributed by atoms with Gasteiger partial charge in [0.15, 0.2) is 0 Å². The fraction of sp³-hybridized carbons (Fsp3) is 0.125. The van der Waals surface area contributed by atoms with Crippen LogP contribution in [0.4, 0.5) is 13.2 Å². The van der Waals surface area contributed by atoms with E-state index in [-0.39, 0.29) is 11.4 Å². The van der Waals surface area contributed by atoms with Gasteiger partial charge in [-0.3, -0.25) is 0 Å². The molecule has 136 valence electrons. The highest BCUT2D eigenvalue weighted by molar-refractivity contribution is 7.89. The van der Waals surface area contributed by atoms with E-state index in [1.54, 1.807) is 18.2 Å². The van der Waals surface area contributed by atoms with Crippen LogP contribution in [0, 0.1) is 0 Å². The normalized spacial score (nSPS) is 20.6. The van der Waals surface area contributed by atoms with Gasteiger partial charge >= 0.3 is 17.7 Å². The average molecular weight is 384 g/mol. The average Bonchev–Trinajstić information content (AvgIpc) is 2.94. The molecular weight excluding hydrogens is 371 g/mol. The molecule has 2 aromatic carbocycles. The third kappa shape index (κ3) is 3.08. The molecule has 0 spiro atoms. The van der Waals surface area contributed by atoms with Crippen molar-refractivity contribution in [2.24, 2.45) is 0 Å². The number of benzene rings is 2. The molecule has 1 aliphatic heterocycles. The standard InChI is InChI=1S/C16H12F3N3O3S/c17-16(18,19)15(22-26(24,25)12-9-5-2-6-10-12)14(23)20-13(21-15)11-7-3-1-4-8-11/h1-10,22H,(H,20,21,23)/p+1/t15-/m0/s1. The highest BCUT2D eigenvalue weighted by Gasteiger charge is 2.70. The van der Waals surface area contributed by atoms with E-state index in [1.165, 1.54) is 35.1 Å². The molecule has 10 heteroatoms. The minimum Gasteiger partial charge on any atom is -0.239 e. The van der Waals surface area contributed by atoms with Gasteiger partial charge < -0.3 is 0 Å². The lowest BCUT2D eigenvalue weighted by atomic mass is 10.2. The summed E-state index contributed by atoms with van der Waals surface area (Å²) >= 11 is 0. The summed E-state index contributed by atoms with van der Waals surface area (Å²) < 4.78 is 67.5. The lowest BCUT2D eigenvalue weighted by molar-refractivity contribution is -0.579. The molecule has 1 aliphatic rings. The molecule has 3 rings (SSSR count). The highest BCUT2D eigenvalue weighted by Crippen LogP contribution is 2.28. The van der Waals surface area contributed by atoms with Crippen LogP contribution in [0.25, 0.3) is 0 Å². The Hall–Kier alpha value is -2.72. The van der Waals surface area contributed by atoms with Gasteiger partial charge in [0.1, 0.15) is 0 Å². The summed E-state index contributed by atoms with van der Waals surface area (Å²) in [5.41, 5.74) is -3.25. The fourth-order valence-electron chi connectivity index (χ4n) is 2.42. The van der Waals surface area contributed by atoms with Crippen molar-refractivity contribution in [1.29, 1.82) is 0 Å². The van der Waals surface area contributed by atoms with E-state index in [4.69, 9.17) is 0 Å². The monoisotopic (exact) mass is 384 g/mol. The van der Waals surface area contributed by atoms with Crippen LogP contribution in [0.2, 0.25) is 0 Å². The second kappa shape index (κ2) is 6.22. The lowest BCUT2D eigenvalue weighted by Crippen LogP contribution is -2.96. The number of nitrogens with one attached hydrogen (secondary N) is 3. The molecule has 26 heavy (non-hydrogen) atoms. The first-order valence-corrected chi connectivity index (χ1v) is 8.82. The van der Waals surface area contributed by atoms with Gasteiger partial charge in [-0.2, -0.15) is 13.2 Å². The van der Waals surface area contributed by atoms with E-state index in [0.717, 1.165) is 12.1 Å². The van der Waals surface area contributed by atoms with Crippen LogP contribution < -0.4 is 15.0 Å². The first-order chi connectivity index (χ1) is 12.2. The number of carbonyl (C=O) groups excluding carboxylic acids is 1. The molecule has 2 aromatic rings. The third-order valence-corrected chi connectivity index (χ3v) is 5.19. The number of rotatable bonds is 4. The number of halogens is 3. The maximum Gasteiger partial charge on any atom is 0.460 e. The van der Waals surface area contributed by atoms with Crippen molar-refractivity contribution in [1.82, 2.24) is 10.0 Å². The van der Waals surface area contributed by atoms with E-state index in [2.05, 4.69) is 5.32 Å². The van der Waals surface area contributed by atoms with Crippen LogP contribution in [0.3, 0.4) is 0 Å². The van der Waals surface area contributed by atoms with Gasteiger partial charge in [0.2, 0.25) is 10.0 Å². The minimum absolute atomic E-state index is 0.247. The Bertz CT molecular complexity index is 960. The predicted molar refractivity (Wildman–Crippen MR) is 85.2 cm³/mol. The van der Waals surface area contributed by atoms with Gasteiger partial charge in [0.25, 0.3) is 5.84 Å². The van der Waals surface area contributed by atoms with Crippen LogP contribution in [0.5, 0.6) is 0 Å². The van der Waals surface area contributed by atoms with E-state index in [1.807, 2.05) is 4.99 Å². The first kappa shape index (κ1) is 18.1. The Morgan fingerprint density at radius 2 is 1.50 bits per heavy atom. The van der Waals surface area contributed by atoms with Crippen LogP contribution in [-0.4, -0.2) is 32.0 Å². The number of sulfonamides is 1. The summed E-state index contributed by atoms with van der Waals surface area (Å²) in [6.07, 6.45) is -5.24. The number of amidine groups is 1. The summed E-state index contributed by atoms with van der Waals surface area (Å²) in [6.45, 7) is 0. The number of amides is 1. The molecular formula is C16H13F3N3O3S+. The molecule has 0 aliphatic carbocycles. The zero-order chi connectivity index (χ0) is 19.0. The van der Waals surface area contributed by atoms with Crippen molar-refractivity contribution in [3.8, 4) is 0 Å². The summed E-state index contributed by atoms with van der Waals surface area (Å²) in [6, 6.07) is 14.2. The zero-order valence-electron chi connectivity index (χ0n) is 13.0. The molecule has 0 saturated carbocycles. The van der Waals surface area contributed by atoms with Gasteiger partial charge in [-0.15, -0.1) is 4.72 Å². The molecule has 0 bridgehead atoms. The SMILES string of the molecule is O=C1NC(c2ccccc2)=[NH+][C@@]1(NS(=O)(=O)c1ccccc1)C(F)(F)F. The summed E-state index contributed by atoms with van der Waals surface area (Å²) in [5.74, 6) is -1.81. The van der Waals surface area contributed by atoms with Crippen molar-refractivity contribution in [3.63, 3.8) is 0 Å². The molecule has 6 nitrogen and oxygen atoms in total. The maximum absolute atomic E-state index is 13.7. The van der Waals surface area contributed by atoms with Crippen molar-refractivity contribution in [2.45, 2.75) is 16.7 Å². The van der Waals surface area contributed by atoms with E-state index in [0.29, 0.717) is 0 Å². The molecule has 1 heterocycles. The molecule has 0 saturated heterocycles. The van der Waals surface area contributed by atoms with Crippen LogP contribution in [-0.2, 0) is 14.8 Å². The summed E-state index contributed by atoms with van der Waals surface area (Å²) in [5, 5.41) is 2.06. The van der Waals surface area contributed by atoms with Gasteiger partial charge in [-0.1, -0.05) is 36.4 Å². The lowest BCUT2D eigenvalue weighted by Gasteiger charge is -2.23. The Morgan fingerprint density at radius 3 is 2.04 bits per heavy atom. The molecule has 0 fully saturated rings. The molecule has 0 aromatic heterocycles. The van der Waals surface area contributed by atoms with Gasteiger partial charge in [-0.05, 0) is 24.3 Å². The zero-order valence-corrected chi connectivity index (χ0v) is 13.9. The van der Waals surface area contributed by atoms with Crippen molar-refractivity contribution >= 4 is 21.8 Å². The largest absolute Gasteiger partial charge is 0.460 e. The van der Waals surface area contributed by atoms with E-state index >= 15 is 0 Å². The smallest absolute Gasteiger partial charge is 0.239 e. The molecule has 1 atom stereocenters. The van der Waals surface area contributed by atoms with Gasteiger partial charge in [0.05, 0.1) is 10.5 Å². The van der Waals surface area contributed by atoms with Gasteiger partial charge in [0, 0.05) is 0 Å². The van der Waals surface area contributed by atoms with Crippen LogP contribution >= 0.6 is 0 Å². The maximum atomic E-state index is 13.7. The highest BCUT2D eigenvalue weighted by atomic mass is 32.2. The van der Waals surface area contributed by atoms with E-state index < -0.39 is 32.7 Å². The molecule has 0 radical (unpaired) electrons.